The second-order valence-electron chi connectivity index (χ2n) is 6.15. The lowest BCUT2D eigenvalue weighted by molar-refractivity contribution is -0.166. The van der Waals surface area contributed by atoms with Gasteiger partial charge in [0, 0.05) is 38.8 Å². The molecule has 0 aliphatic rings. The van der Waals surface area contributed by atoms with Crippen LogP contribution in [-0.2, 0) is 28.7 Å². The Morgan fingerprint density at radius 1 is 1.00 bits per heavy atom. The minimum atomic E-state index is -1.13. The molecule has 0 aromatic heterocycles. The van der Waals surface area contributed by atoms with Crippen LogP contribution in [0, 0.1) is 5.41 Å². The van der Waals surface area contributed by atoms with E-state index in [0.29, 0.717) is 6.54 Å². The van der Waals surface area contributed by atoms with Crippen LogP contribution in [0.4, 0.5) is 0 Å². The molecule has 0 saturated heterocycles. The molecule has 0 aliphatic carbocycles. The van der Waals surface area contributed by atoms with E-state index in [2.05, 4.69) is 10.6 Å². The number of amides is 2. The van der Waals surface area contributed by atoms with Gasteiger partial charge in [-0.1, -0.05) is 20.8 Å². The molecule has 0 fully saturated rings. The second-order valence-corrected chi connectivity index (χ2v) is 6.15. The molecule has 0 aromatic rings. The van der Waals surface area contributed by atoms with Gasteiger partial charge < -0.3 is 20.1 Å². The quantitative estimate of drug-likeness (QED) is 0.560. The number of rotatable bonds is 10. The molecule has 0 spiro atoms. The van der Waals surface area contributed by atoms with Crippen LogP contribution >= 0.6 is 0 Å². The molecule has 8 heteroatoms. The molecule has 0 heterocycles. The molecule has 2 amide bonds. The first-order valence-corrected chi connectivity index (χ1v) is 7.95. The van der Waals surface area contributed by atoms with Crippen molar-refractivity contribution in [2.24, 2.45) is 5.41 Å². The van der Waals surface area contributed by atoms with Gasteiger partial charge in [-0.15, -0.1) is 0 Å². The van der Waals surface area contributed by atoms with E-state index < -0.39 is 29.4 Å². The minimum absolute atomic E-state index is 0.0787. The van der Waals surface area contributed by atoms with Crippen LogP contribution in [-0.4, -0.2) is 49.6 Å². The molecule has 138 valence electrons. The molecule has 0 aliphatic heterocycles. The zero-order valence-corrected chi connectivity index (χ0v) is 15.1. The van der Waals surface area contributed by atoms with Crippen LogP contribution in [0.1, 0.15) is 47.5 Å². The summed E-state index contributed by atoms with van der Waals surface area (Å²) < 4.78 is 10.0. The van der Waals surface area contributed by atoms with E-state index in [0.717, 1.165) is 6.42 Å². The monoisotopic (exact) mass is 344 g/mol. The molecule has 0 aromatic carbocycles. The Labute approximate surface area is 142 Å². The fraction of sp³-hybridized carbons (Fsp3) is 0.750. The maximum Gasteiger partial charge on any atom is 0.303 e. The average molecular weight is 344 g/mol. The van der Waals surface area contributed by atoms with Crippen molar-refractivity contribution in [3.05, 3.63) is 0 Å². The molecule has 0 rings (SSSR count). The fourth-order valence-electron chi connectivity index (χ4n) is 1.84. The van der Waals surface area contributed by atoms with E-state index >= 15 is 0 Å². The number of esters is 2. The summed E-state index contributed by atoms with van der Waals surface area (Å²) in [5.41, 5.74) is -0.911. The summed E-state index contributed by atoms with van der Waals surface area (Å²) in [6.07, 6.45) is -0.173. The Bertz CT molecular complexity index is 461. The lowest BCUT2D eigenvalue weighted by atomic mass is 9.86. The van der Waals surface area contributed by atoms with Gasteiger partial charge >= 0.3 is 11.9 Å². The van der Waals surface area contributed by atoms with E-state index in [9.17, 15) is 19.2 Å². The molecule has 0 saturated carbocycles. The first kappa shape index (κ1) is 21.9. The van der Waals surface area contributed by atoms with Crippen LogP contribution in [0.5, 0.6) is 0 Å². The maximum absolute atomic E-state index is 12.3. The normalized spacial score (nSPS) is 12.0. The molecule has 8 nitrogen and oxygen atoms in total. The van der Waals surface area contributed by atoms with Gasteiger partial charge in [-0.25, -0.2) is 0 Å². The predicted molar refractivity (Wildman–Crippen MR) is 86.9 cm³/mol. The van der Waals surface area contributed by atoms with Crippen molar-refractivity contribution in [2.75, 3.05) is 19.7 Å². The Hall–Kier alpha value is -2.12. The van der Waals surface area contributed by atoms with E-state index in [1.165, 1.54) is 13.8 Å². The van der Waals surface area contributed by atoms with E-state index in [-0.39, 0.29) is 25.5 Å². The smallest absolute Gasteiger partial charge is 0.303 e. The second kappa shape index (κ2) is 10.6. The highest BCUT2D eigenvalue weighted by molar-refractivity contribution is 5.85. The molecule has 0 bridgehead atoms. The lowest BCUT2D eigenvalue weighted by Gasteiger charge is -2.31. The van der Waals surface area contributed by atoms with Gasteiger partial charge in [0.2, 0.25) is 5.91 Å². The number of hydrogen-bond donors (Lipinski definition) is 2. The maximum atomic E-state index is 12.3. The van der Waals surface area contributed by atoms with Gasteiger partial charge in [0.15, 0.2) is 6.10 Å². The number of ether oxygens (including phenoxy) is 2. The third-order valence-electron chi connectivity index (χ3n) is 3.10. The number of hydrogen-bond acceptors (Lipinski definition) is 6. The van der Waals surface area contributed by atoms with Crippen LogP contribution in [0.2, 0.25) is 0 Å². The third-order valence-corrected chi connectivity index (χ3v) is 3.10. The van der Waals surface area contributed by atoms with Crippen LogP contribution in [0.25, 0.3) is 0 Å². The summed E-state index contributed by atoms with van der Waals surface area (Å²) in [7, 11) is 0. The molecule has 1 unspecified atom stereocenters. The summed E-state index contributed by atoms with van der Waals surface area (Å²) in [6.45, 7) is 8.32. The first-order chi connectivity index (χ1) is 11.1. The van der Waals surface area contributed by atoms with Crippen molar-refractivity contribution in [3.8, 4) is 0 Å². The van der Waals surface area contributed by atoms with Gasteiger partial charge in [-0.3, -0.25) is 19.2 Å². The number of carbonyl (C=O) groups excluding carboxylic acids is 4. The largest absolute Gasteiger partial charge is 0.465 e. The van der Waals surface area contributed by atoms with Gasteiger partial charge in [-0.2, -0.15) is 0 Å². The van der Waals surface area contributed by atoms with Gasteiger partial charge in [0.1, 0.15) is 6.61 Å². The summed E-state index contributed by atoms with van der Waals surface area (Å²) in [5, 5.41) is 5.27. The number of carbonyl (C=O) groups is 4. The first-order valence-electron chi connectivity index (χ1n) is 7.95. The summed E-state index contributed by atoms with van der Waals surface area (Å²) in [4.78, 5) is 46.0. The number of nitrogens with one attached hydrogen (secondary N) is 2. The highest BCUT2D eigenvalue weighted by Gasteiger charge is 2.39. The molecule has 1 atom stereocenters. The van der Waals surface area contributed by atoms with Crippen molar-refractivity contribution in [1.29, 1.82) is 0 Å². The summed E-state index contributed by atoms with van der Waals surface area (Å²) >= 11 is 0. The van der Waals surface area contributed by atoms with Crippen LogP contribution in [0.15, 0.2) is 0 Å². The molecule has 0 radical (unpaired) electrons. The lowest BCUT2D eigenvalue weighted by Crippen LogP contribution is -2.49. The fourth-order valence-corrected chi connectivity index (χ4v) is 1.84. The summed E-state index contributed by atoms with van der Waals surface area (Å²) in [5.74, 6) is -1.81. The Morgan fingerprint density at radius 2 is 1.62 bits per heavy atom. The highest BCUT2D eigenvalue weighted by Crippen LogP contribution is 2.24. The van der Waals surface area contributed by atoms with E-state index in [1.807, 2.05) is 6.92 Å². The van der Waals surface area contributed by atoms with Crippen LogP contribution < -0.4 is 10.6 Å². The minimum Gasteiger partial charge on any atom is -0.465 e. The van der Waals surface area contributed by atoms with E-state index in [1.54, 1.807) is 13.8 Å². The van der Waals surface area contributed by atoms with Crippen LogP contribution in [0.3, 0.4) is 0 Å². The highest BCUT2D eigenvalue weighted by atomic mass is 16.6. The van der Waals surface area contributed by atoms with Crippen molar-refractivity contribution in [3.63, 3.8) is 0 Å². The SMILES string of the molecule is CCCNC(=O)CCNC(=O)C(OC(C)=O)C(C)(C)COC(C)=O. The van der Waals surface area contributed by atoms with Crippen molar-refractivity contribution >= 4 is 23.8 Å². The zero-order chi connectivity index (χ0) is 18.8. The van der Waals surface area contributed by atoms with Crippen molar-refractivity contribution in [2.45, 2.75) is 53.6 Å². The van der Waals surface area contributed by atoms with Gasteiger partial charge in [0.25, 0.3) is 5.91 Å². The van der Waals surface area contributed by atoms with Crippen molar-refractivity contribution < 1.29 is 28.7 Å². The topological polar surface area (TPSA) is 111 Å². The average Bonchev–Trinajstić information content (AvgIpc) is 2.48. The Morgan fingerprint density at radius 3 is 2.12 bits per heavy atom. The molecular weight excluding hydrogens is 316 g/mol. The van der Waals surface area contributed by atoms with E-state index in [4.69, 9.17) is 9.47 Å². The Kier molecular flexibility index (Phi) is 9.68. The van der Waals surface area contributed by atoms with Gasteiger partial charge in [0.05, 0.1) is 0 Å². The standard InChI is InChI=1S/C16H28N2O6/c1-6-8-17-13(21)7-9-18-15(22)14(24-12(3)20)16(4,5)10-23-11(2)19/h14H,6-10H2,1-5H3,(H,17,21)(H,18,22). The molecule has 24 heavy (non-hydrogen) atoms. The van der Waals surface area contributed by atoms with Gasteiger partial charge in [-0.05, 0) is 6.42 Å². The Balaban J connectivity index is 4.68. The van der Waals surface area contributed by atoms with Crippen molar-refractivity contribution in [1.82, 2.24) is 10.6 Å². The molecule has 2 N–H and O–H groups in total. The summed E-state index contributed by atoms with van der Waals surface area (Å²) in [6, 6.07) is 0. The predicted octanol–water partition coefficient (Wildman–Crippen LogP) is 0.540. The zero-order valence-electron chi connectivity index (χ0n) is 15.1. The third kappa shape index (κ3) is 9.12. The molecular formula is C16H28N2O6.